The molecule has 0 saturated carbocycles. The van der Waals surface area contributed by atoms with E-state index in [2.05, 4.69) is 15.1 Å². The summed E-state index contributed by atoms with van der Waals surface area (Å²) in [6, 6.07) is 10.9. The second-order valence-corrected chi connectivity index (χ2v) is 8.82. The van der Waals surface area contributed by atoms with Crippen molar-refractivity contribution in [1.82, 2.24) is 19.7 Å². The summed E-state index contributed by atoms with van der Waals surface area (Å²) in [5.41, 5.74) is 6.96. The van der Waals surface area contributed by atoms with Crippen LogP contribution >= 0.6 is 0 Å². The molecule has 4 aromatic rings. The Morgan fingerprint density at radius 1 is 1.25 bits per heavy atom. The van der Waals surface area contributed by atoms with Crippen LogP contribution in [0, 0.1) is 12.8 Å². The number of carbonyl (C=O) groups excluding carboxylic acids is 1. The maximum atomic E-state index is 14.1. The van der Waals surface area contributed by atoms with Gasteiger partial charge in [-0.25, -0.2) is 9.78 Å². The molecule has 0 spiro atoms. The van der Waals surface area contributed by atoms with E-state index in [1.54, 1.807) is 13.0 Å². The standard InChI is InChI=1S/C25H28N6O5/c1-14(2)13-31-21(26)20(22(32)28-25(31)34)30(10-11-35-4)24(33)17-12-18(16-8-6-5-7-9-16)27-23-19(17)15(3)29-36-23/h5-9,12,14H,10-11,13,26H2,1-4H3,(H,28,32,34). The summed E-state index contributed by atoms with van der Waals surface area (Å²) in [6.07, 6.45) is 0. The predicted octanol–water partition coefficient (Wildman–Crippen LogP) is 2.58. The van der Waals surface area contributed by atoms with Gasteiger partial charge in [-0.05, 0) is 18.9 Å². The maximum Gasteiger partial charge on any atom is 0.330 e. The number of benzene rings is 1. The zero-order valence-electron chi connectivity index (χ0n) is 20.6. The first-order chi connectivity index (χ1) is 17.2. The number of nitrogens with one attached hydrogen (secondary N) is 1. The number of aromatic nitrogens is 4. The fraction of sp³-hybridized carbons (Fsp3) is 0.320. The Labute approximate surface area is 206 Å². The molecule has 0 aliphatic carbocycles. The number of hydrogen-bond donors (Lipinski definition) is 2. The molecule has 0 fully saturated rings. The highest BCUT2D eigenvalue weighted by Crippen LogP contribution is 2.29. The third-order valence-electron chi connectivity index (χ3n) is 5.71. The Morgan fingerprint density at radius 3 is 2.64 bits per heavy atom. The van der Waals surface area contributed by atoms with Crippen molar-refractivity contribution < 1.29 is 14.1 Å². The summed E-state index contributed by atoms with van der Waals surface area (Å²) < 4.78 is 11.9. The molecule has 0 saturated heterocycles. The molecular formula is C25H28N6O5. The van der Waals surface area contributed by atoms with Gasteiger partial charge in [-0.2, -0.15) is 0 Å². The van der Waals surface area contributed by atoms with Gasteiger partial charge < -0.3 is 15.0 Å². The van der Waals surface area contributed by atoms with Crippen LogP contribution in [0.3, 0.4) is 0 Å². The molecular weight excluding hydrogens is 464 g/mol. The smallest absolute Gasteiger partial charge is 0.330 e. The quantitative estimate of drug-likeness (QED) is 0.381. The Balaban J connectivity index is 1.94. The molecule has 11 nitrogen and oxygen atoms in total. The molecule has 3 heterocycles. The minimum atomic E-state index is -0.766. The largest absolute Gasteiger partial charge is 0.383 e. The minimum Gasteiger partial charge on any atom is -0.383 e. The normalized spacial score (nSPS) is 11.4. The van der Waals surface area contributed by atoms with Crippen LogP contribution in [0.4, 0.5) is 11.5 Å². The average molecular weight is 493 g/mol. The molecule has 36 heavy (non-hydrogen) atoms. The Morgan fingerprint density at radius 2 is 1.97 bits per heavy atom. The monoisotopic (exact) mass is 492 g/mol. The van der Waals surface area contributed by atoms with Crippen LogP contribution in [0.25, 0.3) is 22.4 Å². The van der Waals surface area contributed by atoms with Gasteiger partial charge in [-0.15, -0.1) is 0 Å². The van der Waals surface area contributed by atoms with E-state index in [1.807, 2.05) is 44.2 Å². The van der Waals surface area contributed by atoms with Gasteiger partial charge in [0.15, 0.2) is 5.69 Å². The third kappa shape index (κ3) is 4.65. The van der Waals surface area contributed by atoms with Crippen molar-refractivity contribution in [3.8, 4) is 11.3 Å². The number of hydrogen-bond acceptors (Lipinski definition) is 8. The zero-order valence-corrected chi connectivity index (χ0v) is 20.6. The number of nitrogen functional groups attached to an aromatic ring is 1. The van der Waals surface area contributed by atoms with E-state index in [0.29, 0.717) is 16.8 Å². The Bertz CT molecular complexity index is 1520. The highest BCUT2D eigenvalue weighted by atomic mass is 16.5. The molecule has 1 amide bonds. The van der Waals surface area contributed by atoms with Crippen molar-refractivity contribution in [2.24, 2.45) is 5.92 Å². The van der Waals surface area contributed by atoms with E-state index in [-0.39, 0.29) is 48.4 Å². The zero-order chi connectivity index (χ0) is 26.0. The molecule has 0 aliphatic rings. The number of H-pyrrole nitrogens is 1. The number of rotatable bonds is 8. The van der Waals surface area contributed by atoms with Crippen LogP contribution in [0.5, 0.6) is 0 Å². The first-order valence-electron chi connectivity index (χ1n) is 11.5. The van der Waals surface area contributed by atoms with Crippen LogP contribution in [0.15, 0.2) is 50.5 Å². The van der Waals surface area contributed by atoms with Gasteiger partial charge in [0.05, 0.1) is 28.9 Å². The summed E-state index contributed by atoms with van der Waals surface area (Å²) in [5.74, 6) is -0.563. The number of nitrogens with zero attached hydrogens (tertiary/aromatic N) is 4. The summed E-state index contributed by atoms with van der Waals surface area (Å²) in [5, 5.41) is 4.41. The van der Waals surface area contributed by atoms with E-state index in [4.69, 9.17) is 15.0 Å². The summed E-state index contributed by atoms with van der Waals surface area (Å²) in [6.45, 7) is 5.93. The predicted molar refractivity (Wildman–Crippen MR) is 136 cm³/mol. The fourth-order valence-electron chi connectivity index (χ4n) is 4.05. The molecule has 0 atom stereocenters. The van der Waals surface area contributed by atoms with E-state index in [9.17, 15) is 14.4 Å². The fourth-order valence-corrected chi connectivity index (χ4v) is 4.05. The van der Waals surface area contributed by atoms with Crippen LogP contribution in [-0.2, 0) is 11.3 Å². The van der Waals surface area contributed by atoms with Gasteiger partial charge in [0, 0.05) is 25.8 Å². The lowest BCUT2D eigenvalue weighted by molar-refractivity contribution is 0.0977. The lowest BCUT2D eigenvalue weighted by Crippen LogP contribution is -2.43. The van der Waals surface area contributed by atoms with Crippen LogP contribution in [0.2, 0.25) is 0 Å². The highest BCUT2D eigenvalue weighted by Gasteiger charge is 2.29. The molecule has 4 rings (SSSR count). The maximum absolute atomic E-state index is 14.1. The van der Waals surface area contributed by atoms with Crippen molar-refractivity contribution in [3.05, 3.63) is 68.5 Å². The SMILES string of the molecule is COCCN(C(=O)c1cc(-c2ccccc2)nc2onc(C)c12)c1c(N)n(CC(C)C)c(=O)[nH]c1=O. The number of anilines is 2. The molecule has 1 aromatic carbocycles. The first kappa shape index (κ1) is 24.9. The Hall–Kier alpha value is -4.25. The first-order valence-corrected chi connectivity index (χ1v) is 11.5. The number of fused-ring (bicyclic) bond motifs is 1. The second kappa shape index (κ2) is 10.2. The van der Waals surface area contributed by atoms with E-state index >= 15 is 0 Å². The number of methoxy groups -OCH3 is 1. The molecule has 0 bridgehead atoms. The van der Waals surface area contributed by atoms with E-state index in [0.717, 1.165) is 5.56 Å². The molecule has 11 heteroatoms. The lowest BCUT2D eigenvalue weighted by atomic mass is 10.0. The number of aromatic amines is 1. The van der Waals surface area contributed by atoms with Gasteiger partial charge >= 0.3 is 5.69 Å². The molecule has 3 N–H and O–H groups in total. The van der Waals surface area contributed by atoms with E-state index in [1.165, 1.54) is 16.6 Å². The third-order valence-corrected chi connectivity index (χ3v) is 5.71. The van der Waals surface area contributed by atoms with Crippen molar-refractivity contribution in [3.63, 3.8) is 0 Å². The number of carbonyl (C=O) groups is 1. The summed E-state index contributed by atoms with van der Waals surface area (Å²) >= 11 is 0. The Kier molecular flexibility index (Phi) is 7.02. The summed E-state index contributed by atoms with van der Waals surface area (Å²) in [4.78, 5) is 47.6. The van der Waals surface area contributed by atoms with Gasteiger partial charge in [0.1, 0.15) is 5.82 Å². The van der Waals surface area contributed by atoms with Crippen molar-refractivity contribution in [2.45, 2.75) is 27.3 Å². The minimum absolute atomic E-state index is 0.0112. The molecule has 0 unspecified atom stereocenters. The summed E-state index contributed by atoms with van der Waals surface area (Å²) in [7, 11) is 1.48. The van der Waals surface area contributed by atoms with Gasteiger partial charge in [-0.1, -0.05) is 49.3 Å². The van der Waals surface area contributed by atoms with Crippen molar-refractivity contribution >= 4 is 28.5 Å². The number of pyridine rings is 1. The van der Waals surface area contributed by atoms with E-state index < -0.39 is 17.2 Å². The number of ether oxygens (including phenoxy) is 1. The van der Waals surface area contributed by atoms with Gasteiger partial charge in [-0.3, -0.25) is 24.0 Å². The highest BCUT2D eigenvalue weighted by molar-refractivity contribution is 6.14. The molecule has 3 aromatic heterocycles. The van der Waals surface area contributed by atoms with Gasteiger partial charge in [0.2, 0.25) is 0 Å². The van der Waals surface area contributed by atoms with Crippen molar-refractivity contribution in [2.75, 3.05) is 30.9 Å². The molecule has 0 radical (unpaired) electrons. The van der Waals surface area contributed by atoms with Gasteiger partial charge in [0.25, 0.3) is 17.2 Å². The number of amides is 1. The average Bonchev–Trinajstić information content (AvgIpc) is 3.23. The topological polar surface area (TPSA) is 149 Å². The second-order valence-electron chi connectivity index (χ2n) is 8.82. The molecule has 0 aliphatic heterocycles. The van der Waals surface area contributed by atoms with Crippen LogP contribution in [0.1, 0.15) is 29.9 Å². The van der Waals surface area contributed by atoms with Crippen LogP contribution < -0.4 is 21.9 Å². The lowest BCUT2D eigenvalue weighted by Gasteiger charge is -2.25. The van der Waals surface area contributed by atoms with Crippen molar-refractivity contribution in [1.29, 1.82) is 0 Å². The molecule has 188 valence electrons. The number of aryl methyl sites for hydroxylation is 1. The van der Waals surface area contributed by atoms with Crippen LogP contribution in [-0.4, -0.2) is 45.9 Å². The number of nitrogens with two attached hydrogens (primary N) is 1.